The molecule has 0 aromatic carbocycles. The second kappa shape index (κ2) is 6.63. The lowest BCUT2D eigenvalue weighted by atomic mass is 9.71. The Kier molecular flexibility index (Phi) is 5.28. The standard InChI is InChI=1S/C16H30N2O3/c1-13(14(19)18-8-10-21-11-9-18)17-12-16(20)6-4-15(2,3)5-7-16/h13,17,20H,4-12H2,1-3H3. The molecule has 1 saturated heterocycles. The first-order valence-corrected chi connectivity index (χ1v) is 8.14. The fourth-order valence-corrected chi connectivity index (χ4v) is 3.06. The van der Waals surface area contributed by atoms with Gasteiger partial charge in [-0.15, -0.1) is 0 Å². The zero-order valence-corrected chi connectivity index (χ0v) is 13.7. The van der Waals surface area contributed by atoms with Crippen LogP contribution in [0.3, 0.4) is 0 Å². The molecule has 2 N–H and O–H groups in total. The summed E-state index contributed by atoms with van der Waals surface area (Å²) in [5, 5.41) is 13.9. The van der Waals surface area contributed by atoms with Gasteiger partial charge in [-0.05, 0) is 38.0 Å². The van der Waals surface area contributed by atoms with E-state index >= 15 is 0 Å². The molecule has 0 radical (unpaired) electrons. The smallest absolute Gasteiger partial charge is 0.239 e. The van der Waals surface area contributed by atoms with Crippen LogP contribution in [0, 0.1) is 5.41 Å². The highest BCUT2D eigenvalue weighted by Gasteiger charge is 2.37. The van der Waals surface area contributed by atoms with Crippen LogP contribution in [0.2, 0.25) is 0 Å². The number of amides is 1. The Morgan fingerprint density at radius 3 is 2.38 bits per heavy atom. The molecular formula is C16H30N2O3. The summed E-state index contributed by atoms with van der Waals surface area (Å²) in [7, 11) is 0. The SMILES string of the molecule is CC(NCC1(O)CCC(C)(C)CC1)C(=O)N1CCOCC1. The second-order valence-electron chi connectivity index (χ2n) is 7.43. The maximum Gasteiger partial charge on any atom is 0.239 e. The average molecular weight is 298 g/mol. The minimum atomic E-state index is -0.658. The van der Waals surface area contributed by atoms with Gasteiger partial charge in [0.15, 0.2) is 0 Å². The molecule has 0 aromatic heterocycles. The molecule has 1 amide bonds. The number of morpholine rings is 1. The van der Waals surface area contributed by atoms with Gasteiger partial charge in [-0.1, -0.05) is 13.8 Å². The Balaban J connectivity index is 1.77. The van der Waals surface area contributed by atoms with Crippen LogP contribution in [-0.4, -0.2) is 60.4 Å². The first kappa shape index (κ1) is 16.7. The van der Waals surface area contributed by atoms with E-state index in [1.54, 1.807) is 0 Å². The molecule has 0 bridgehead atoms. The number of hydrogen-bond acceptors (Lipinski definition) is 4. The number of hydrogen-bond donors (Lipinski definition) is 2. The van der Waals surface area contributed by atoms with E-state index in [1.807, 2.05) is 11.8 Å². The fraction of sp³-hybridized carbons (Fsp3) is 0.938. The minimum Gasteiger partial charge on any atom is -0.389 e. The van der Waals surface area contributed by atoms with Crippen LogP contribution in [0.25, 0.3) is 0 Å². The summed E-state index contributed by atoms with van der Waals surface area (Å²) in [6.07, 6.45) is 3.70. The van der Waals surface area contributed by atoms with Gasteiger partial charge >= 0.3 is 0 Å². The van der Waals surface area contributed by atoms with E-state index in [-0.39, 0.29) is 11.9 Å². The highest BCUT2D eigenvalue weighted by Crippen LogP contribution is 2.39. The van der Waals surface area contributed by atoms with Crippen molar-refractivity contribution >= 4 is 5.91 Å². The minimum absolute atomic E-state index is 0.109. The molecule has 5 heteroatoms. The summed E-state index contributed by atoms with van der Waals surface area (Å²) in [4.78, 5) is 14.1. The molecule has 2 fully saturated rings. The summed E-state index contributed by atoms with van der Waals surface area (Å²) in [5.74, 6) is 0.109. The lowest BCUT2D eigenvalue weighted by molar-refractivity contribution is -0.137. The lowest BCUT2D eigenvalue weighted by Crippen LogP contribution is -2.53. The molecule has 2 rings (SSSR count). The molecule has 1 aliphatic heterocycles. The Labute approximate surface area is 128 Å². The van der Waals surface area contributed by atoms with E-state index in [1.165, 1.54) is 0 Å². The molecule has 21 heavy (non-hydrogen) atoms. The van der Waals surface area contributed by atoms with E-state index in [0.717, 1.165) is 25.7 Å². The molecule has 2 aliphatic rings. The van der Waals surface area contributed by atoms with Crippen LogP contribution in [0.5, 0.6) is 0 Å². The number of ether oxygens (including phenoxy) is 1. The van der Waals surface area contributed by atoms with Crippen LogP contribution >= 0.6 is 0 Å². The van der Waals surface area contributed by atoms with E-state index in [0.29, 0.717) is 38.3 Å². The number of rotatable bonds is 4. The summed E-state index contributed by atoms with van der Waals surface area (Å²) in [6, 6.07) is -0.248. The van der Waals surface area contributed by atoms with Gasteiger partial charge in [0, 0.05) is 19.6 Å². The van der Waals surface area contributed by atoms with Crippen LogP contribution in [-0.2, 0) is 9.53 Å². The summed E-state index contributed by atoms with van der Waals surface area (Å²) >= 11 is 0. The van der Waals surface area contributed by atoms with Crippen LogP contribution in [0.15, 0.2) is 0 Å². The number of carbonyl (C=O) groups is 1. The van der Waals surface area contributed by atoms with Gasteiger partial charge in [0.1, 0.15) is 0 Å². The van der Waals surface area contributed by atoms with Gasteiger partial charge in [-0.3, -0.25) is 4.79 Å². The Morgan fingerprint density at radius 1 is 1.24 bits per heavy atom. The Morgan fingerprint density at radius 2 is 1.81 bits per heavy atom. The predicted molar refractivity (Wildman–Crippen MR) is 82.1 cm³/mol. The maximum absolute atomic E-state index is 12.3. The monoisotopic (exact) mass is 298 g/mol. The van der Waals surface area contributed by atoms with Crippen molar-refractivity contribution in [3.8, 4) is 0 Å². The molecule has 1 aliphatic carbocycles. The van der Waals surface area contributed by atoms with Crippen molar-refractivity contribution in [3.05, 3.63) is 0 Å². The Bertz CT molecular complexity index is 355. The number of aliphatic hydroxyl groups is 1. The molecule has 1 atom stereocenters. The molecule has 5 nitrogen and oxygen atoms in total. The van der Waals surface area contributed by atoms with Crippen molar-refractivity contribution in [2.75, 3.05) is 32.8 Å². The summed E-state index contributed by atoms with van der Waals surface area (Å²) in [6.45, 7) is 9.48. The third-order valence-corrected chi connectivity index (χ3v) is 4.96. The van der Waals surface area contributed by atoms with Gasteiger partial charge in [-0.2, -0.15) is 0 Å². The van der Waals surface area contributed by atoms with Gasteiger partial charge < -0.3 is 20.1 Å². The summed E-state index contributed by atoms with van der Waals surface area (Å²) < 4.78 is 5.27. The zero-order chi connectivity index (χ0) is 15.5. The second-order valence-corrected chi connectivity index (χ2v) is 7.43. The highest BCUT2D eigenvalue weighted by molar-refractivity contribution is 5.81. The molecule has 0 aromatic rings. The molecule has 0 spiro atoms. The van der Waals surface area contributed by atoms with E-state index < -0.39 is 5.60 Å². The number of nitrogens with zero attached hydrogens (tertiary/aromatic N) is 1. The maximum atomic E-state index is 12.3. The zero-order valence-electron chi connectivity index (χ0n) is 13.7. The number of carbonyl (C=O) groups excluding carboxylic acids is 1. The van der Waals surface area contributed by atoms with Crippen molar-refractivity contribution < 1.29 is 14.6 Å². The first-order chi connectivity index (χ1) is 9.81. The summed E-state index contributed by atoms with van der Waals surface area (Å²) in [5.41, 5.74) is -0.323. The highest BCUT2D eigenvalue weighted by atomic mass is 16.5. The fourth-order valence-electron chi connectivity index (χ4n) is 3.06. The quantitative estimate of drug-likeness (QED) is 0.817. The third-order valence-electron chi connectivity index (χ3n) is 4.96. The van der Waals surface area contributed by atoms with Crippen molar-refractivity contribution in [1.29, 1.82) is 0 Å². The molecule has 1 unspecified atom stereocenters. The van der Waals surface area contributed by atoms with Gasteiger partial charge in [0.2, 0.25) is 5.91 Å². The van der Waals surface area contributed by atoms with Crippen molar-refractivity contribution in [3.63, 3.8) is 0 Å². The molecule has 1 saturated carbocycles. The molecule has 1 heterocycles. The molecular weight excluding hydrogens is 268 g/mol. The molecule has 122 valence electrons. The normalized spacial score (nSPS) is 26.4. The lowest BCUT2D eigenvalue weighted by Gasteiger charge is -2.41. The van der Waals surface area contributed by atoms with E-state index in [2.05, 4.69) is 19.2 Å². The van der Waals surface area contributed by atoms with Crippen molar-refractivity contribution in [1.82, 2.24) is 10.2 Å². The van der Waals surface area contributed by atoms with E-state index in [9.17, 15) is 9.90 Å². The average Bonchev–Trinajstić information content (AvgIpc) is 2.49. The van der Waals surface area contributed by atoms with Crippen molar-refractivity contribution in [2.45, 2.75) is 58.1 Å². The van der Waals surface area contributed by atoms with E-state index in [4.69, 9.17) is 4.74 Å². The number of nitrogens with one attached hydrogen (secondary N) is 1. The van der Waals surface area contributed by atoms with Crippen molar-refractivity contribution in [2.24, 2.45) is 5.41 Å². The predicted octanol–water partition coefficient (Wildman–Crippen LogP) is 1.15. The van der Waals surface area contributed by atoms with Gasteiger partial charge in [0.25, 0.3) is 0 Å². The van der Waals surface area contributed by atoms with Gasteiger partial charge in [0.05, 0.1) is 24.9 Å². The topological polar surface area (TPSA) is 61.8 Å². The van der Waals surface area contributed by atoms with Crippen LogP contribution in [0.4, 0.5) is 0 Å². The Hall–Kier alpha value is -0.650. The van der Waals surface area contributed by atoms with Crippen LogP contribution < -0.4 is 5.32 Å². The van der Waals surface area contributed by atoms with Crippen LogP contribution in [0.1, 0.15) is 46.5 Å². The first-order valence-electron chi connectivity index (χ1n) is 8.14. The third kappa shape index (κ3) is 4.66. The largest absolute Gasteiger partial charge is 0.389 e. The van der Waals surface area contributed by atoms with Gasteiger partial charge in [-0.25, -0.2) is 0 Å².